The molecule has 1 amide bonds. The maximum absolute atomic E-state index is 12.4. The predicted octanol–water partition coefficient (Wildman–Crippen LogP) is 1.65. The fraction of sp³-hybridized carbons (Fsp3) is 0.938. The quantitative estimate of drug-likeness (QED) is 0.855. The second-order valence-electron chi connectivity index (χ2n) is 6.73. The second-order valence-corrected chi connectivity index (χ2v) is 6.73. The zero-order valence-electron chi connectivity index (χ0n) is 12.5. The van der Waals surface area contributed by atoms with Crippen LogP contribution in [0.4, 0.5) is 0 Å². The molecule has 3 fully saturated rings. The van der Waals surface area contributed by atoms with E-state index in [0.29, 0.717) is 11.8 Å². The molecule has 0 radical (unpaired) electrons. The van der Waals surface area contributed by atoms with Crippen LogP contribution in [0.25, 0.3) is 0 Å². The van der Waals surface area contributed by atoms with Gasteiger partial charge in [-0.3, -0.25) is 4.79 Å². The molecule has 3 aliphatic heterocycles. The average Bonchev–Trinajstić information content (AvgIpc) is 2.84. The minimum absolute atomic E-state index is 0.393. The highest BCUT2D eigenvalue weighted by Crippen LogP contribution is 2.28. The third-order valence-electron chi connectivity index (χ3n) is 5.48. The zero-order chi connectivity index (χ0) is 13.8. The number of ether oxygens (including phenoxy) is 1. The van der Waals surface area contributed by atoms with Crippen molar-refractivity contribution in [3.8, 4) is 0 Å². The normalized spacial score (nSPS) is 31.9. The molecule has 0 aliphatic carbocycles. The lowest BCUT2D eigenvalue weighted by Gasteiger charge is -2.24. The van der Waals surface area contributed by atoms with E-state index in [-0.39, 0.29) is 0 Å². The van der Waals surface area contributed by atoms with E-state index in [2.05, 4.69) is 10.2 Å². The molecular weight excluding hydrogens is 252 g/mol. The first-order valence-electron chi connectivity index (χ1n) is 8.39. The highest BCUT2D eigenvalue weighted by Gasteiger charge is 2.31. The van der Waals surface area contributed by atoms with Crippen LogP contribution in [-0.2, 0) is 9.53 Å². The molecule has 0 unspecified atom stereocenters. The summed E-state index contributed by atoms with van der Waals surface area (Å²) in [5, 5.41) is 3.49. The van der Waals surface area contributed by atoms with Crippen LogP contribution in [-0.4, -0.2) is 50.2 Å². The van der Waals surface area contributed by atoms with Gasteiger partial charge in [0.1, 0.15) is 0 Å². The molecule has 0 bridgehead atoms. The molecule has 0 spiro atoms. The SMILES string of the molecule is O=C(CCC1CCOCC1)N1CC[C@@H]2CNC[C@@H]2CC1. The van der Waals surface area contributed by atoms with Crippen LogP contribution in [0.15, 0.2) is 0 Å². The van der Waals surface area contributed by atoms with Crippen molar-refractivity contribution in [1.29, 1.82) is 0 Å². The Hall–Kier alpha value is -0.610. The minimum Gasteiger partial charge on any atom is -0.381 e. The van der Waals surface area contributed by atoms with E-state index in [4.69, 9.17) is 4.74 Å². The molecule has 0 aromatic rings. The van der Waals surface area contributed by atoms with Crippen molar-refractivity contribution in [2.75, 3.05) is 39.4 Å². The van der Waals surface area contributed by atoms with Gasteiger partial charge in [-0.2, -0.15) is 0 Å². The molecule has 1 N–H and O–H groups in total. The van der Waals surface area contributed by atoms with Gasteiger partial charge in [-0.15, -0.1) is 0 Å². The van der Waals surface area contributed by atoms with Gasteiger partial charge >= 0.3 is 0 Å². The summed E-state index contributed by atoms with van der Waals surface area (Å²) in [4.78, 5) is 14.5. The largest absolute Gasteiger partial charge is 0.381 e. The lowest BCUT2D eigenvalue weighted by molar-refractivity contribution is -0.131. The van der Waals surface area contributed by atoms with E-state index in [1.807, 2.05) is 0 Å². The van der Waals surface area contributed by atoms with Crippen LogP contribution >= 0.6 is 0 Å². The Morgan fingerprint density at radius 1 is 1.05 bits per heavy atom. The predicted molar refractivity (Wildman–Crippen MR) is 78.4 cm³/mol. The Bertz CT molecular complexity index is 314. The summed E-state index contributed by atoms with van der Waals surface area (Å²) in [6.45, 7) is 6.06. The first kappa shape index (κ1) is 14.3. The molecular formula is C16H28N2O2. The van der Waals surface area contributed by atoms with Crippen LogP contribution in [0.5, 0.6) is 0 Å². The molecule has 3 heterocycles. The summed E-state index contributed by atoms with van der Waals surface area (Å²) in [5.74, 6) is 2.72. The van der Waals surface area contributed by atoms with Crippen LogP contribution in [0, 0.1) is 17.8 Å². The summed E-state index contributed by atoms with van der Waals surface area (Å²) in [6.07, 6.45) is 6.49. The Morgan fingerprint density at radius 2 is 1.70 bits per heavy atom. The average molecular weight is 280 g/mol. The zero-order valence-corrected chi connectivity index (χ0v) is 12.5. The molecule has 0 aromatic heterocycles. The van der Waals surface area contributed by atoms with Crippen LogP contribution in [0.3, 0.4) is 0 Å². The summed E-state index contributed by atoms with van der Waals surface area (Å²) >= 11 is 0. The number of carbonyl (C=O) groups is 1. The van der Waals surface area contributed by atoms with Crippen molar-refractivity contribution in [2.45, 2.75) is 38.5 Å². The minimum atomic E-state index is 0.393. The smallest absolute Gasteiger partial charge is 0.222 e. The molecule has 0 saturated carbocycles. The Balaban J connectivity index is 1.42. The summed E-state index contributed by atoms with van der Waals surface area (Å²) in [5.41, 5.74) is 0. The first-order valence-corrected chi connectivity index (χ1v) is 8.39. The van der Waals surface area contributed by atoms with Gasteiger partial charge in [-0.25, -0.2) is 0 Å². The first-order chi connectivity index (χ1) is 9.83. The van der Waals surface area contributed by atoms with Gasteiger partial charge in [0, 0.05) is 32.7 Å². The molecule has 2 atom stereocenters. The molecule has 3 rings (SSSR count). The van der Waals surface area contributed by atoms with E-state index >= 15 is 0 Å². The van der Waals surface area contributed by atoms with E-state index in [9.17, 15) is 4.79 Å². The molecule has 3 aliphatic rings. The van der Waals surface area contributed by atoms with Gasteiger partial charge in [0.2, 0.25) is 5.91 Å². The van der Waals surface area contributed by atoms with Crippen molar-refractivity contribution in [1.82, 2.24) is 10.2 Å². The topological polar surface area (TPSA) is 41.6 Å². The maximum atomic E-state index is 12.4. The van der Waals surface area contributed by atoms with Crippen molar-refractivity contribution in [3.63, 3.8) is 0 Å². The Kier molecular flexibility index (Phi) is 4.94. The van der Waals surface area contributed by atoms with Crippen molar-refractivity contribution in [3.05, 3.63) is 0 Å². The number of nitrogens with zero attached hydrogens (tertiary/aromatic N) is 1. The molecule has 3 saturated heterocycles. The number of amides is 1. The van der Waals surface area contributed by atoms with Crippen molar-refractivity contribution < 1.29 is 9.53 Å². The second kappa shape index (κ2) is 6.90. The fourth-order valence-electron chi connectivity index (χ4n) is 3.99. The third kappa shape index (κ3) is 3.53. The fourth-order valence-corrected chi connectivity index (χ4v) is 3.99. The van der Waals surface area contributed by atoms with Crippen molar-refractivity contribution in [2.24, 2.45) is 17.8 Å². The standard InChI is InChI=1S/C16H28N2O2/c19-16(2-1-13-5-9-20-10-6-13)18-7-3-14-11-17-12-15(14)4-8-18/h13-15,17H,1-12H2/t14-,15+. The summed E-state index contributed by atoms with van der Waals surface area (Å²) < 4.78 is 5.38. The monoisotopic (exact) mass is 280 g/mol. The highest BCUT2D eigenvalue weighted by atomic mass is 16.5. The summed E-state index contributed by atoms with van der Waals surface area (Å²) in [7, 11) is 0. The lowest BCUT2D eigenvalue weighted by Crippen LogP contribution is -2.33. The Labute approximate surface area is 122 Å². The number of carbonyl (C=O) groups excluding carboxylic acids is 1. The number of fused-ring (bicyclic) bond motifs is 1. The van der Waals surface area contributed by atoms with Gasteiger partial charge in [0.15, 0.2) is 0 Å². The van der Waals surface area contributed by atoms with Crippen LogP contribution < -0.4 is 5.32 Å². The van der Waals surface area contributed by atoms with E-state index < -0.39 is 0 Å². The number of nitrogens with one attached hydrogen (secondary N) is 1. The van der Waals surface area contributed by atoms with Gasteiger partial charge in [-0.05, 0) is 62.9 Å². The van der Waals surface area contributed by atoms with Crippen LogP contribution in [0.2, 0.25) is 0 Å². The lowest BCUT2D eigenvalue weighted by atomic mass is 9.92. The summed E-state index contributed by atoms with van der Waals surface area (Å²) in [6, 6.07) is 0. The highest BCUT2D eigenvalue weighted by molar-refractivity contribution is 5.76. The van der Waals surface area contributed by atoms with Gasteiger partial charge in [0.05, 0.1) is 0 Å². The van der Waals surface area contributed by atoms with Crippen molar-refractivity contribution >= 4 is 5.91 Å². The molecule has 114 valence electrons. The Morgan fingerprint density at radius 3 is 2.35 bits per heavy atom. The molecule has 20 heavy (non-hydrogen) atoms. The number of rotatable bonds is 3. The molecule has 4 nitrogen and oxygen atoms in total. The number of likely N-dealkylation sites (tertiary alicyclic amines) is 1. The maximum Gasteiger partial charge on any atom is 0.222 e. The van der Waals surface area contributed by atoms with Gasteiger partial charge in [-0.1, -0.05) is 0 Å². The van der Waals surface area contributed by atoms with Gasteiger partial charge < -0.3 is 15.0 Å². The third-order valence-corrected chi connectivity index (χ3v) is 5.48. The van der Waals surface area contributed by atoms with E-state index in [1.165, 1.54) is 12.8 Å². The van der Waals surface area contributed by atoms with Crippen LogP contribution in [0.1, 0.15) is 38.5 Å². The van der Waals surface area contributed by atoms with E-state index in [0.717, 1.165) is 76.9 Å². The van der Waals surface area contributed by atoms with Gasteiger partial charge in [0.25, 0.3) is 0 Å². The molecule has 4 heteroatoms. The number of hydrogen-bond acceptors (Lipinski definition) is 3. The van der Waals surface area contributed by atoms with E-state index in [1.54, 1.807) is 0 Å². The molecule has 0 aromatic carbocycles. The number of hydrogen-bond donors (Lipinski definition) is 1.